The number of carbonyl (C=O) groups excluding carboxylic acids is 1. The molecule has 0 saturated carbocycles. The second-order valence-electron chi connectivity index (χ2n) is 4.42. The van der Waals surface area contributed by atoms with E-state index in [9.17, 15) is 4.79 Å². The maximum Gasteiger partial charge on any atom is 0.135 e. The van der Waals surface area contributed by atoms with Gasteiger partial charge in [-0.3, -0.25) is 4.79 Å². The van der Waals surface area contributed by atoms with Crippen molar-refractivity contribution in [2.45, 2.75) is 39.5 Å². The van der Waals surface area contributed by atoms with Gasteiger partial charge < -0.3 is 4.90 Å². The second-order valence-corrected chi connectivity index (χ2v) is 4.42. The summed E-state index contributed by atoms with van der Waals surface area (Å²) in [4.78, 5) is 13.4. The summed E-state index contributed by atoms with van der Waals surface area (Å²) in [5, 5.41) is 0. The number of hydrogen-bond donors (Lipinski definition) is 0. The third-order valence-corrected chi connectivity index (χ3v) is 2.67. The zero-order valence-electron chi connectivity index (χ0n) is 8.88. The second kappa shape index (κ2) is 5.38. The van der Waals surface area contributed by atoms with Gasteiger partial charge in [0.25, 0.3) is 0 Å². The lowest BCUT2D eigenvalue weighted by Crippen LogP contribution is -2.34. The quantitative estimate of drug-likeness (QED) is 0.665. The number of hydrogen-bond acceptors (Lipinski definition) is 2. The molecule has 1 saturated heterocycles. The van der Waals surface area contributed by atoms with E-state index in [4.69, 9.17) is 0 Å². The van der Waals surface area contributed by atoms with Gasteiger partial charge in [-0.1, -0.05) is 13.8 Å². The normalized spacial score (nSPS) is 19.8. The van der Waals surface area contributed by atoms with E-state index >= 15 is 0 Å². The summed E-state index contributed by atoms with van der Waals surface area (Å²) in [6, 6.07) is 0. The van der Waals surface area contributed by atoms with Crippen molar-refractivity contribution in [3.05, 3.63) is 0 Å². The average Bonchev–Trinajstić information content (AvgIpc) is 2.08. The summed E-state index contributed by atoms with van der Waals surface area (Å²) in [5.41, 5.74) is 0. The van der Waals surface area contributed by atoms with E-state index in [2.05, 4.69) is 18.7 Å². The van der Waals surface area contributed by atoms with Crippen molar-refractivity contribution < 1.29 is 4.79 Å². The summed E-state index contributed by atoms with van der Waals surface area (Å²) >= 11 is 0. The highest BCUT2D eigenvalue weighted by molar-refractivity contribution is 5.79. The smallest absolute Gasteiger partial charge is 0.135 e. The number of nitrogens with zero attached hydrogens (tertiary/aromatic N) is 1. The summed E-state index contributed by atoms with van der Waals surface area (Å²) in [7, 11) is 0. The number of piperidine rings is 1. The highest BCUT2D eigenvalue weighted by Crippen LogP contribution is 2.09. The van der Waals surface area contributed by atoms with Crippen LogP contribution in [0.2, 0.25) is 0 Å². The minimum Gasteiger partial charge on any atom is -0.302 e. The molecule has 76 valence electrons. The van der Waals surface area contributed by atoms with Gasteiger partial charge in [-0.2, -0.15) is 0 Å². The molecule has 0 spiro atoms. The van der Waals surface area contributed by atoms with Crippen molar-refractivity contribution in [2.24, 2.45) is 5.92 Å². The first kappa shape index (κ1) is 10.7. The molecule has 0 aromatic rings. The first-order chi connectivity index (χ1) is 6.18. The first-order valence-electron chi connectivity index (χ1n) is 5.42. The Kier molecular flexibility index (Phi) is 4.43. The number of likely N-dealkylation sites (tertiary alicyclic amines) is 1. The van der Waals surface area contributed by atoms with Crippen molar-refractivity contribution >= 4 is 5.78 Å². The lowest BCUT2D eigenvalue weighted by Gasteiger charge is -2.25. The zero-order valence-corrected chi connectivity index (χ0v) is 8.88. The van der Waals surface area contributed by atoms with Crippen LogP contribution in [0.1, 0.15) is 39.5 Å². The molecule has 0 atom stereocenters. The van der Waals surface area contributed by atoms with Crippen LogP contribution in [-0.4, -0.2) is 30.3 Å². The van der Waals surface area contributed by atoms with E-state index in [1.165, 1.54) is 19.4 Å². The molecule has 1 heterocycles. The van der Waals surface area contributed by atoms with Gasteiger partial charge in [-0.05, 0) is 25.3 Å². The van der Waals surface area contributed by atoms with E-state index in [-0.39, 0.29) is 0 Å². The van der Waals surface area contributed by atoms with Gasteiger partial charge in [-0.25, -0.2) is 0 Å². The molecular weight excluding hydrogens is 162 g/mol. The lowest BCUT2D eigenvalue weighted by atomic mass is 10.1. The Morgan fingerprint density at radius 2 is 1.92 bits per heavy atom. The lowest BCUT2D eigenvalue weighted by molar-refractivity contribution is -0.121. The molecule has 2 nitrogen and oxygen atoms in total. The summed E-state index contributed by atoms with van der Waals surface area (Å²) < 4.78 is 0. The van der Waals surface area contributed by atoms with Crippen molar-refractivity contribution in [3.8, 4) is 0 Å². The van der Waals surface area contributed by atoms with Gasteiger partial charge in [0.05, 0.1) is 0 Å². The van der Waals surface area contributed by atoms with E-state index in [1.807, 2.05) is 0 Å². The van der Waals surface area contributed by atoms with Crippen LogP contribution < -0.4 is 0 Å². The van der Waals surface area contributed by atoms with Crippen molar-refractivity contribution in [3.63, 3.8) is 0 Å². The standard InChI is InChI=1S/C11H21NO/c1-10(2)4-3-7-12-8-5-11(13)6-9-12/h10H,3-9H2,1-2H3. The Labute approximate surface area is 81.3 Å². The molecule has 0 bridgehead atoms. The Hall–Kier alpha value is -0.370. The van der Waals surface area contributed by atoms with Gasteiger partial charge in [-0.15, -0.1) is 0 Å². The topological polar surface area (TPSA) is 20.3 Å². The van der Waals surface area contributed by atoms with Crippen LogP contribution in [0, 0.1) is 5.92 Å². The third-order valence-electron chi connectivity index (χ3n) is 2.67. The molecular formula is C11H21NO. The van der Waals surface area contributed by atoms with Crippen LogP contribution in [-0.2, 0) is 4.79 Å². The highest BCUT2D eigenvalue weighted by Gasteiger charge is 2.14. The molecule has 0 aliphatic carbocycles. The Morgan fingerprint density at radius 1 is 1.31 bits per heavy atom. The van der Waals surface area contributed by atoms with Gasteiger partial charge in [0.15, 0.2) is 0 Å². The molecule has 2 heteroatoms. The maximum atomic E-state index is 11.0. The molecule has 0 aromatic carbocycles. The fourth-order valence-corrected chi connectivity index (χ4v) is 1.75. The number of Topliss-reactive ketones (excluding diaryl/α,β-unsaturated/α-hetero) is 1. The van der Waals surface area contributed by atoms with E-state index in [1.54, 1.807) is 0 Å². The molecule has 1 fully saturated rings. The Balaban J connectivity index is 2.05. The maximum absolute atomic E-state index is 11.0. The molecule has 13 heavy (non-hydrogen) atoms. The third kappa shape index (κ3) is 4.41. The monoisotopic (exact) mass is 183 g/mol. The van der Waals surface area contributed by atoms with Crippen molar-refractivity contribution in [1.82, 2.24) is 4.90 Å². The molecule has 0 amide bonds. The largest absolute Gasteiger partial charge is 0.302 e. The Morgan fingerprint density at radius 3 is 2.46 bits per heavy atom. The SMILES string of the molecule is CC(C)CCCN1CCC(=O)CC1. The van der Waals surface area contributed by atoms with Crippen molar-refractivity contribution in [1.29, 1.82) is 0 Å². The molecule has 0 radical (unpaired) electrons. The summed E-state index contributed by atoms with van der Waals surface area (Å²) in [5.74, 6) is 1.26. The summed E-state index contributed by atoms with van der Waals surface area (Å²) in [6.07, 6.45) is 4.15. The van der Waals surface area contributed by atoms with Gasteiger partial charge in [0, 0.05) is 25.9 Å². The van der Waals surface area contributed by atoms with E-state index in [0.717, 1.165) is 31.8 Å². The van der Waals surface area contributed by atoms with Gasteiger partial charge in [0.2, 0.25) is 0 Å². The first-order valence-corrected chi connectivity index (χ1v) is 5.42. The minimum absolute atomic E-state index is 0.445. The van der Waals surface area contributed by atoms with Crippen molar-refractivity contribution in [2.75, 3.05) is 19.6 Å². The number of ketones is 1. The average molecular weight is 183 g/mol. The van der Waals surface area contributed by atoms with Crippen LogP contribution in [0.3, 0.4) is 0 Å². The minimum atomic E-state index is 0.445. The van der Waals surface area contributed by atoms with Gasteiger partial charge >= 0.3 is 0 Å². The van der Waals surface area contributed by atoms with Gasteiger partial charge in [0.1, 0.15) is 5.78 Å². The zero-order chi connectivity index (χ0) is 9.68. The molecule has 1 aliphatic heterocycles. The summed E-state index contributed by atoms with van der Waals surface area (Å²) in [6.45, 7) is 7.71. The molecule has 0 N–H and O–H groups in total. The fourth-order valence-electron chi connectivity index (χ4n) is 1.75. The molecule has 0 unspecified atom stereocenters. The number of rotatable bonds is 4. The van der Waals surface area contributed by atoms with Crippen LogP contribution in [0.15, 0.2) is 0 Å². The predicted molar refractivity (Wildman–Crippen MR) is 54.8 cm³/mol. The molecule has 1 rings (SSSR count). The predicted octanol–water partition coefficient (Wildman–Crippen LogP) is 2.09. The number of carbonyl (C=O) groups is 1. The van der Waals surface area contributed by atoms with E-state index < -0.39 is 0 Å². The van der Waals surface area contributed by atoms with E-state index in [0.29, 0.717) is 5.78 Å². The fraction of sp³-hybridized carbons (Fsp3) is 0.909. The van der Waals surface area contributed by atoms with Crippen LogP contribution >= 0.6 is 0 Å². The molecule has 1 aliphatic rings. The van der Waals surface area contributed by atoms with Crippen LogP contribution in [0.25, 0.3) is 0 Å². The van der Waals surface area contributed by atoms with Crippen LogP contribution in [0.5, 0.6) is 0 Å². The van der Waals surface area contributed by atoms with Crippen LogP contribution in [0.4, 0.5) is 0 Å². The highest BCUT2D eigenvalue weighted by atomic mass is 16.1. The molecule has 0 aromatic heterocycles. The Bertz CT molecular complexity index is 155.